The van der Waals surface area contributed by atoms with Gasteiger partial charge in [-0.05, 0) is 6.07 Å². The maximum Gasteiger partial charge on any atom is 1.00 e. The molecule has 0 fully saturated rings. The van der Waals surface area contributed by atoms with Gasteiger partial charge in [0.15, 0.2) is 23.3 Å². The van der Waals surface area contributed by atoms with Crippen LogP contribution in [0.1, 0.15) is 0 Å². The van der Waals surface area contributed by atoms with E-state index in [0.29, 0.717) is 45.5 Å². The number of aromatic amines is 2. The van der Waals surface area contributed by atoms with Crippen LogP contribution in [0.4, 0.5) is 11.4 Å². The third-order valence-corrected chi connectivity index (χ3v) is 8.05. The molecule has 7 aromatic rings. The minimum atomic E-state index is -0.789. The molecule has 0 aliphatic carbocycles. The van der Waals surface area contributed by atoms with Crippen molar-refractivity contribution in [3.8, 4) is 45.6 Å². The Kier molecular flexibility index (Phi) is 6.27. The second kappa shape index (κ2) is 10.4. The molecule has 228 valence electrons. The topological polar surface area (TPSA) is 195 Å². The molecule has 4 aromatic carbocycles. The molecular formula is C32H16AuN10O4+. The molecule has 0 radical (unpaired) electrons. The number of hydrogen-bond donors (Lipinski definition) is 2. The molecule has 8 bridgehead atoms. The molecule has 0 atom stereocenters. The van der Waals surface area contributed by atoms with Crippen molar-refractivity contribution in [1.82, 2.24) is 39.9 Å². The van der Waals surface area contributed by atoms with Crippen LogP contribution in [0.25, 0.3) is 89.7 Å². The average molecular weight is 802 g/mol. The van der Waals surface area contributed by atoms with Gasteiger partial charge in [0.2, 0.25) is 0 Å². The Morgan fingerprint density at radius 3 is 1.32 bits per heavy atom. The number of nitrogens with zero attached hydrogens (tertiary/aromatic N) is 8. The zero-order valence-corrected chi connectivity index (χ0v) is 25.8. The number of fused-ring (bicyclic) bond motifs is 20. The van der Waals surface area contributed by atoms with Gasteiger partial charge in [0, 0.05) is 44.5 Å². The Hall–Kier alpha value is -6.22. The van der Waals surface area contributed by atoms with Crippen LogP contribution in [0.2, 0.25) is 0 Å². The fraction of sp³-hybridized carbons (Fsp3) is 0. The molecule has 3 aromatic heterocycles. The van der Waals surface area contributed by atoms with Gasteiger partial charge in [-0.15, -0.1) is 0 Å². The Morgan fingerprint density at radius 2 is 0.872 bits per heavy atom. The molecule has 2 N–H and O–H groups in total. The molecule has 14 nitrogen and oxygen atoms in total. The Morgan fingerprint density at radius 1 is 0.468 bits per heavy atom. The second-order valence-electron chi connectivity index (χ2n) is 10.6. The van der Waals surface area contributed by atoms with Gasteiger partial charge in [0.25, 0.3) is 0 Å². The minimum Gasteiger partial charge on any atom is -0.324 e. The molecule has 2 aliphatic rings. The Labute approximate surface area is 277 Å². The first-order valence-electron chi connectivity index (χ1n) is 14.0. The monoisotopic (exact) mass is 801 g/mol. The van der Waals surface area contributed by atoms with Gasteiger partial charge >= 0.3 is 33.8 Å². The number of aromatic nitrogens is 8. The van der Waals surface area contributed by atoms with Crippen molar-refractivity contribution in [2.24, 2.45) is 0 Å². The van der Waals surface area contributed by atoms with E-state index in [-0.39, 0.29) is 50.3 Å². The number of H-pyrrole nitrogens is 2. The first kappa shape index (κ1) is 28.3. The van der Waals surface area contributed by atoms with Crippen LogP contribution in [0.15, 0.2) is 84.9 Å². The number of benzene rings is 4. The zero-order valence-electron chi connectivity index (χ0n) is 23.6. The second-order valence-corrected chi connectivity index (χ2v) is 10.6. The molecule has 0 saturated heterocycles. The summed E-state index contributed by atoms with van der Waals surface area (Å²) in [5, 5.41) is 26.1. The molecule has 0 spiro atoms. The summed E-state index contributed by atoms with van der Waals surface area (Å²) in [6.45, 7) is 0. The SMILES string of the molecule is O=[N+]([O-])c1ccc2c3nc4nc(nc5[nH]c(nc6nc(nc([nH]3)c2c1[N+](=O)[O-])-c1ccccc1-6)c1ccccc51)-c1ccccc1-4.[Au+]. The van der Waals surface area contributed by atoms with Crippen LogP contribution in [-0.4, -0.2) is 49.7 Å². The number of nitrogens with one attached hydrogen (secondary N) is 2. The summed E-state index contributed by atoms with van der Waals surface area (Å²) in [5.41, 5.74) is 2.61. The van der Waals surface area contributed by atoms with Crippen molar-refractivity contribution in [3.05, 3.63) is 105 Å². The maximum absolute atomic E-state index is 12.4. The fourth-order valence-corrected chi connectivity index (χ4v) is 6.03. The zero-order chi connectivity index (χ0) is 31.1. The van der Waals surface area contributed by atoms with Gasteiger partial charge in [-0.1, -0.05) is 72.8 Å². The summed E-state index contributed by atoms with van der Waals surface area (Å²) >= 11 is 0. The Bertz CT molecular complexity index is 2680. The van der Waals surface area contributed by atoms with Crippen molar-refractivity contribution in [2.75, 3.05) is 0 Å². The van der Waals surface area contributed by atoms with Crippen molar-refractivity contribution >= 4 is 55.5 Å². The van der Waals surface area contributed by atoms with Gasteiger partial charge in [-0.3, -0.25) is 20.2 Å². The van der Waals surface area contributed by atoms with Crippen LogP contribution in [0, 0.1) is 20.2 Å². The van der Waals surface area contributed by atoms with E-state index in [4.69, 9.17) is 29.9 Å². The molecule has 0 saturated carbocycles. The molecule has 5 heterocycles. The van der Waals surface area contributed by atoms with Crippen LogP contribution < -0.4 is 0 Å². The van der Waals surface area contributed by atoms with E-state index in [0.717, 1.165) is 22.4 Å². The average Bonchev–Trinajstić information content (AvgIpc) is 3.80. The molecule has 47 heavy (non-hydrogen) atoms. The van der Waals surface area contributed by atoms with E-state index < -0.39 is 21.2 Å². The van der Waals surface area contributed by atoms with E-state index in [9.17, 15) is 20.2 Å². The van der Waals surface area contributed by atoms with Gasteiger partial charge in [0.05, 0.1) is 9.85 Å². The third-order valence-electron chi connectivity index (χ3n) is 8.05. The molecule has 0 amide bonds. The third kappa shape index (κ3) is 4.24. The number of rotatable bonds is 2. The predicted molar refractivity (Wildman–Crippen MR) is 169 cm³/mol. The van der Waals surface area contributed by atoms with Gasteiger partial charge in [-0.25, -0.2) is 29.9 Å². The molecular weight excluding hydrogens is 785 g/mol. The summed E-state index contributed by atoms with van der Waals surface area (Å²) in [6.07, 6.45) is 0. The van der Waals surface area contributed by atoms with Crippen LogP contribution in [0.5, 0.6) is 0 Å². The van der Waals surface area contributed by atoms with E-state index in [2.05, 4.69) is 9.97 Å². The van der Waals surface area contributed by atoms with E-state index in [1.165, 1.54) is 6.07 Å². The maximum atomic E-state index is 12.4. The van der Waals surface area contributed by atoms with E-state index in [1.807, 2.05) is 72.8 Å². The molecule has 2 aliphatic heterocycles. The normalized spacial score (nSPS) is 11.6. The summed E-state index contributed by atoms with van der Waals surface area (Å²) in [5.74, 6) is 1.29. The van der Waals surface area contributed by atoms with Crippen molar-refractivity contribution in [1.29, 1.82) is 0 Å². The largest absolute Gasteiger partial charge is 1.00 e. The van der Waals surface area contributed by atoms with E-state index >= 15 is 0 Å². The van der Waals surface area contributed by atoms with Gasteiger partial charge in [-0.2, -0.15) is 0 Å². The standard InChI is InChI=1S/C32H16N10O4.Au/c43-41(44)22-14-13-21-23(24(22)42(45)46)32-39-30-20-12-6-5-11-19(20)28(37-30)35-26-16-8-2-1-7-15(16)25(33-26)34-27-17-9-3-4-10-18(17)29(36-27)38-31(21)40-32;/h1-14H,(H2,33,34,35,36,37,38,39,40);/q;+1. The number of hydrogen-bond acceptors (Lipinski definition) is 10. The summed E-state index contributed by atoms with van der Waals surface area (Å²) in [6, 6.07) is 25.0. The Balaban J connectivity index is 0.00000324. The predicted octanol–water partition coefficient (Wildman–Crippen LogP) is 6.68. The summed E-state index contributed by atoms with van der Waals surface area (Å²) < 4.78 is 0. The first-order valence-corrected chi connectivity index (χ1v) is 14.0. The number of nitro benzene ring substituents is 2. The quantitative estimate of drug-likeness (QED) is 0.108. The van der Waals surface area contributed by atoms with Gasteiger partial charge in [0.1, 0.15) is 28.0 Å². The first-order chi connectivity index (χ1) is 22.4. The van der Waals surface area contributed by atoms with E-state index in [1.54, 1.807) is 0 Å². The summed E-state index contributed by atoms with van der Waals surface area (Å²) in [7, 11) is 0. The molecule has 0 unspecified atom stereocenters. The van der Waals surface area contributed by atoms with Crippen LogP contribution in [-0.2, 0) is 22.4 Å². The smallest absolute Gasteiger partial charge is 0.324 e. The van der Waals surface area contributed by atoms with Crippen molar-refractivity contribution in [2.45, 2.75) is 0 Å². The van der Waals surface area contributed by atoms with Crippen LogP contribution in [0.3, 0.4) is 0 Å². The molecule has 9 rings (SSSR count). The van der Waals surface area contributed by atoms with Gasteiger partial charge < -0.3 is 9.97 Å². The van der Waals surface area contributed by atoms with Crippen molar-refractivity contribution < 1.29 is 32.2 Å². The van der Waals surface area contributed by atoms with Crippen LogP contribution >= 0.6 is 0 Å². The molecule has 15 heteroatoms. The summed E-state index contributed by atoms with van der Waals surface area (Å²) in [4.78, 5) is 58.0. The fourth-order valence-electron chi connectivity index (χ4n) is 6.03. The number of nitro groups is 2. The van der Waals surface area contributed by atoms with Crippen molar-refractivity contribution in [3.63, 3.8) is 0 Å². The minimum absolute atomic E-state index is 0.